The van der Waals surface area contributed by atoms with E-state index in [0.717, 1.165) is 30.5 Å². The summed E-state index contributed by atoms with van der Waals surface area (Å²) in [5.41, 5.74) is 1.77. The van der Waals surface area contributed by atoms with Gasteiger partial charge in [0.05, 0.1) is 23.2 Å². The number of nitrogens with zero attached hydrogens (tertiary/aromatic N) is 1. The largest absolute Gasteiger partial charge is 0.481 e. The molecule has 1 saturated heterocycles. The number of carboxylic acids is 1. The second-order valence-corrected chi connectivity index (χ2v) is 10.1. The van der Waals surface area contributed by atoms with Gasteiger partial charge in [0, 0.05) is 23.1 Å². The molecule has 0 bridgehead atoms. The highest BCUT2D eigenvalue weighted by molar-refractivity contribution is 7.09. The maximum Gasteiger partial charge on any atom is 0.304 e. The lowest BCUT2D eigenvalue weighted by molar-refractivity contribution is -0.191. The fourth-order valence-electron chi connectivity index (χ4n) is 5.76. The molecule has 1 spiro atoms. The van der Waals surface area contributed by atoms with Gasteiger partial charge in [-0.1, -0.05) is 25.5 Å². The Morgan fingerprint density at radius 3 is 2.79 bits per heavy atom. The van der Waals surface area contributed by atoms with Crippen molar-refractivity contribution < 1.29 is 19.4 Å². The molecule has 0 aromatic carbocycles. The van der Waals surface area contributed by atoms with E-state index >= 15 is 0 Å². The van der Waals surface area contributed by atoms with Crippen molar-refractivity contribution in [3.63, 3.8) is 0 Å². The van der Waals surface area contributed by atoms with Crippen molar-refractivity contribution in [1.82, 2.24) is 4.98 Å². The van der Waals surface area contributed by atoms with Crippen LogP contribution in [0.2, 0.25) is 0 Å². The van der Waals surface area contributed by atoms with E-state index in [-0.39, 0.29) is 30.3 Å². The topological polar surface area (TPSA) is 68.7 Å². The Morgan fingerprint density at radius 1 is 1.39 bits per heavy atom. The van der Waals surface area contributed by atoms with Gasteiger partial charge in [-0.3, -0.25) is 4.79 Å². The van der Waals surface area contributed by atoms with Gasteiger partial charge in [-0.05, 0) is 46.0 Å². The molecule has 154 valence electrons. The van der Waals surface area contributed by atoms with E-state index in [1.807, 2.05) is 13.8 Å². The average Bonchev–Trinajstić information content (AvgIpc) is 3.19. The highest BCUT2D eigenvalue weighted by Gasteiger charge is 2.66. The smallest absolute Gasteiger partial charge is 0.304 e. The zero-order valence-corrected chi connectivity index (χ0v) is 18.2. The van der Waals surface area contributed by atoms with E-state index < -0.39 is 17.4 Å². The molecule has 3 aliphatic rings. The lowest BCUT2D eigenvalue weighted by Gasteiger charge is -2.54. The second kappa shape index (κ2) is 6.92. The van der Waals surface area contributed by atoms with Gasteiger partial charge in [-0.15, -0.1) is 11.3 Å². The van der Waals surface area contributed by atoms with Gasteiger partial charge in [0.1, 0.15) is 5.60 Å². The van der Waals surface area contributed by atoms with Crippen LogP contribution in [0, 0.1) is 17.8 Å². The number of rotatable bonds is 4. The van der Waals surface area contributed by atoms with Gasteiger partial charge in [-0.25, -0.2) is 4.98 Å². The van der Waals surface area contributed by atoms with Crippen molar-refractivity contribution in [3.05, 3.63) is 27.7 Å². The normalized spacial score (nSPS) is 39.2. The van der Waals surface area contributed by atoms with Crippen LogP contribution >= 0.6 is 11.3 Å². The molecule has 6 atom stereocenters. The maximum atomic E-state index is 11.6. The number of hydrogen-bond acceptors (Lipinski definition) is 5. The fraction of sp³-hybridized carbons (Fsp3) is 0.727. The Balaban J connectivity index is 1.82. The Hall–Kier alpha value is -1.24. The first kappa shape index (κ1) is 20.0. The molecule has 1 N–H and O–H groups in total. The van der Waals surface area contributed by atoms with Gasteiger partial charge in [0.15, 0.2) is 5.79 Å². The number of hydrogen-bond donors (Lipinski definition) is 1. The first-order valence-electron chi connectivity index (χ1n) is 10.4. The molecule has 1 aromatic rings. The van der Waals surface area contributed by atoms with Crippen molar-refractivity contribution in [2.24, 2.45) is 17.8 Å². The van der Waals surface area contributed by atoms with Gasteiger partial charge in [0.25, 0.3) is 0 Å². The third-order valence-corrected chi connectivity index (χ3v) is 7.96. The predicted molar refractivity (Wildman–Crippen MR) is 108 cm³/mol. The van der Waals surface area contributed by atoms with E-state index in [2.05, 4.69) is 32.2 Å². The zero-order chi connectivity index (χ0) is 20.3. The Labute approximate surface area is 171 Å². The maximum absolute atomic E-state index is 11.6. The molecule has 0 radical (unpaired) electrons. The number of aliphatic carboxylic acids is 1. The van der Waals surface area contributed by atoms with Gasteiger partial charge < -0.3 is 14.6 Å². The highest BCUT2D eigenvalue weighted by atomic mass is 32.1. The van der Waals surface area contributed by atoms with Gasteiger partial charge >= 0.3 is 5.97 Å². The molecule has 2 fully saturated rings. The molecule has 6 heteroatoms. The van der Waals surface area contributed by atoms with Crippen LogP contribution in [0.4, 0.5) is 0 Å². The summed E-state index contributed by atoms with van der Waals surface area (Å²) in [7, 11) is 0. The average molecular weight is 406 g/mol. The fourth-order valence-corrected chi connectivity index (χ4v) is 6.57. The molecular formula is C22H31NO4S. The summed E-state index contributed by atoms with van der Waals surface area (Å²) in [6.07, 6.45) is 5.19. The predicted octanol–water partition coefficient (Wildman–Crippen LogP) is 4.78. The number of aryl methyl sites for hydroxylation is 1. The molecule has 4 rings (SSSR count). The summed E-state index contributed by atoms with van der Waals surface area (Å²) in [5.74, 6) is -0.922. The molecular weight excluding hydrogens is 374 g/mol. The van der Waals surface area contributed by atoms with Gasteiger partial charge in [0.2, 0.25) is 0 Å². The summed E-state index contributed by atoms with van der Waals surface area (Å²) in [6.45, 7) is 10.4. The molecule has 2 heterocycles. The summed E-state index contributed by atoms with van der Waals surface area (Å²) in [6, 6.07) is 0. The standard InChI is InChI=1S/C22H31NO4S/c1-6-18-23-17(11-28-18)14-8-7-13(3)22-16(14)9-12(2)15(10-19(24)25)20(22)26-21(4,5)27-22/h9,11,13-16,20H,6-8,10H2,1-5H3,(H,24,25)/t13-,14-,15-,16+,20+,22-/m1/s1. The van der Waals surface area contributed by atoms with Gasteiger partial charge in [-0.2, -0.15) is 0 Å². The van der Waals surface area contributed by atoms with Crippen molar-refractivity contribution in [2.45, 2.75) is 83.7 Å². The minimum Gasteiger partial charge on any atom is -0.481 e. The molecule has 2 aliphatic carbocycles. The molecule has 0 amide bonds. The van der Waals surface area contributed by atoms with Crippen LogP contribution in [0.1, 0.15) is 70.5 Å². The Morgan fingerprint density at radius 2 is 2.14 bits per heavy atom. The minimum absolute atomic E-state index is 0.0784. The highest BCUT2D eigenvalue weighted by Crippen LogP contribution is 2.61. The van der Waals surface area contributed by atoms with Crippen LogP contribution in [0.15, 0.2) is 17.0 Å². The number of thiazole rings is 1. The third kappa shape index (κ3) is 3.04. The molecule has 1 saturated carbocycles. The SMILES string of the molecule is CCc1nc([C@@H]2CC[C@@H](C)[C@]34OC(C)(C)O[C@H]3[C@H](CC(=O)O)C(C)=C[C@@H]24)cs1. The van der Waals surface area contributed by atoms with Crippen LogP contribution < -0.4 is 0 Å². The Kier molecular flexibility index (Phi) is 4.96. The van der Waals surface area contributed by atoms with E-state index in [4.69, 9.17) is 14.5 Å². The summed E-state index contributed by atoms with van der Waals surface area (Å²) >= 11 is 1.73. The molecule has 0 unspecified atom stereocenters. The van der Waals surface area contributed by atoms with Crippen molar-refractivity contribution in [1.29, 1.82) is 0 Å². The zero-order valence-electron chi connectivity index (χ0n) is 17.4. The van der Waals surface area contributed by atoms with Crippen molar-refractivity contribution in [2.75, 3.05) is 0 Å². The first-order valence-corrected chi connectivity index (χ1v) is 11.3. The van der Waals surface area contributed by atoms with Crippen molar-refractivity contribution in [3.8, 4) is 0 Å². The van der Waals surface area contributed by atoms with E-state index in [0.29, 0.717) is 5.92 Å². The Bertz CT molecular complexity index is 800. The van der Waals surface area contributed by atoms with Crippen LogP contribution in [0.5, 0.6) is 0 Å². The number of ether oxygens (including phenoxy) is 2. The lowest BCUT2D eigenvalue weighted by Crippen LogP contribution is -2.60. The first-order chi connectivity index (χ1) is 13.2. The van der Waals surface area contributed by atoms with Crippen molar-refractivity contribution >= 4 is 17.3 Å². The third-order valence-electron chi connectivity index (χ3n) is 6.95. The van der Waals surface area contributed by atoms with Crippen LogP contribution in [0.25, 0.3) is 0 Å². The summed E-state index contributed by atoms with van der Waals surface area (Å²) in [4.78, 5) is 16.5. The molecule has 1 aliphatic heterocycles. The monoisotopic (exact) mass is 405 g/mol. The van der Waals surface area contributed by atoms with E-state index in [1.54, 1.807) is 11.3 Å². The summed E-state index contributed by atoms with van der Waals surface area (Å²) in [5, 5.41) is 12.9. The number of carboxylic acid groups (broad SMARTS) is 1. The molecule has 28 heavy (non-hydrogen) atoms. The van der Waals surface area contributed by atoms with Crippen LogP contribution in [0.3, 0.4) is 0 Å². The second-order valence-electron chi connectivity index (χ2n) is 9.14. The lowest BCUT2D eigenvalue weighted by atomic mass is 9.55. The summed E-state index contributed by atoms with van der Waals surface area (Å²) < 4.78 is 13.2. The number of aromatic nitrogens is 1. The molecule has 1 aromatic heterocycles. The quantitative estimate of drug-likeness (QED) is 0.730. The molecule has 5 nitrogen and oxygen atoms in total. The van der Waals surface area contributed by atoms with Crippen LogP contribution in [-0.2, 0) is 20.7 Å². The minimum atomic E-state index is -0.785. The van der Waals surface area contributed by atoms with Crippen LogP contribution in [-0.4, -0.2) is 33.6 Å². The van der Waals surface area contributed by atoms with E-state index in [1.165, 1.54) is 5.01 Å². The van der Waals surface area contributed by atoms with E-state index in [9.17, 15) is 9.90 Å². The number of carbonyl (C=O) groups is 1.